The van der Waals surface area contributed by atoms with Crippen molar-refractivity contribution < 1.29 is 34.3 Å². The van der Waals surface area contributed by atoms with Gasteiger partial charge in [-0.15, -0.1) is 0 Å². The Morgan fingerprint density at radius 2 is 1.59 bits per heavy atom. The maximum Gasteiger partial charge on any atom is 0.397 e. The Morgan fingerprint density at radius 3 is 2.24 bits per heavy atom. The summed E-state index contributed by atoms with van der Waals surface area (Å²) >= 11 is 0. The van der Waals surface area contributed by atoms with Crippen molar-refractivity contribution in [3.8, 4) is 0 Å². The molecule has 0 aromatic rings. The van der Waals surface area contributed by atoms with Crippen molar-refractivity contribution in [2.75, 3.05) is 0 Å². The highest BCUT2D eigenvalue weighted by molar-refractivity contribution is 7.81. The highest BCUT2D eigenvalue weighted by Gasteiger charge is 2.60. The predicted molar refractivity (Wildman–Crippen MR) is 105 cm³/mol. The lowest BCUT2D eigenvalue weighted by Crippen LogP contribution is -2.52. The van der Waals surface area contributed by atoms with Crippen LogP contribution in [-0.4, -0.2) is 38.1 Å². The first-order chi connectivity index (χ1) is 13.3. The van der Waals surface area contributed by atoms with Crippen molar-refractivity contribution in [1.29, 1.82) is 0 Å². The van der Waals surface area contributed by atoms with Crippen molar-refractivity contribution in [2.24, 2.45) is 28.6 Å². The highest BCUT2D eigenvalue weighted by atomic mass is 32.3. The van der Waals surface area contributed by atoms with Crippen LogP contribution in [0.4, 0.5) is 0 Å². The zero-order valence-electron chi connectivity index (χ0n) is 16.8. The van der Waals surface area contributed by atoms with E-state index in [4.69, 9.17) is 12.9 Å². The third-order valence-electron chi connectivity index (χ3n) is 8.47. The molecule has 0 amide bonds. The van der Waals surface area contributed by atoms with E-state index < -0.39 is 33.0 Å². The van der Waals surface area contributed by atoms with Crippen molar-refractivity contribution in [1.82, 2.24) is 0 Å². The molecule has 4 aliphatic carbocycles. The zero-order valence-corrected chi connectivity index (χ0v) is 18.4. The first kappa shape index (κ1) is 21.7. The van der Waals surface area contributed by atoms with E-state index in [1.165, 1.54) is 5.57 Å². The summed E-state index contributed by atoms with van der Waals surface area (Å²) < 4.78 is 72.9. The SMILES string of the molecule is C[C@]12CC[C@H]3[C@@H](CCC4=C[C@@H](OS(=O)(=O)O)CC[C@@]43C)[C@@H]1CC[C@@H]2OS(=O)(=O)O. The van der Waals surface area contributed by atoms with Gasteiger partial charge < -0.3 is 0 Å². The van der Waals surface area contributed by atoms with Crippen LogP contribution in [-0.2, 0) is 29.2 Å². The van der Waals surface area contributed by atoms with Gasteiger partial charge in [0.2, 0.25) is 0 Å². The Bertz CT molecular complexity index is 910. The Morgan fingerprint density at radius 1 is 0.897 bits per heavy atom. The molecule has 0 unspecified atom stereocenters. The Balaban J connectivity index is 1.57. The van der Waals surface area contributed by atoms with Gasteiger partial charge in [-0.05, 0) is 80.0 Å². The summed E-state index contributed by atoms with van der Waals surface area (Å²) in [6.45, 7) is 4.35. The van der Waals surface area contributed by atoms with Gasteiger partial charge in [-0.1, -0.05) is 25.5 Å². The van der Waals surface area contributed by atoms with E-state index in [9.17, 15) is 21.4 Å². The molecule has 10 heteroatoms. The fraction of sp³-hybridized carbons (Fsp3) is 0.895. The van der Waals surface area contributed by atoms with Crippen LogP contribution in [0.25, 0.3) is 0 Å². The van der Waals surface area contributed by atoms with Crippen molar-refractivity contribution in [3.63, 3.8) is 0 Å². The maximum atomic E-state index is 11.3. The molecule has 7 atom stereocenters. The van der Waals surface area contributed by atoms with E-state index in [1.807, 2.05) is 6.08 Å². The molecule has 0 saturated heterocycles. The van der Waals surface area contributed by atoms with Gasteiger partial charge in [-0.2, -0.15) is 16.8 Å². The van der Waals surface area contributed by atoms with Gasteiger partial charge in [0, 0.05) is 0 Å². The third-order valence-corrected chi connectivity index (χ3v) is 9.43. The second-order valence-electron chi connectivity index (χ2n) is 9.76. The molecule has 4 rings (SSSR count). The number of fused-ring (bicyclic) bond motifs is 5. The molecule has 0 heterocycles. The number of hydrogen-bond donors (Lipinski definition) is 2. The molecule has 0 spiro atoms. The van der Waals surface area contributed by atoms with Gasteiger partial charge in [-0.3, -0.25) is 9.11 Å². The minimum atomic E-state index is -4.47. The minimum Gasteiger partial charge on any atom is -0.264 e. The van der Waals surface area contributed by atoms with Crippen LogP contribution in [0.2, 0.25) is 0 Å². The van der Waals surface area contributed by atoms with E-state index in [0.29, 0.717) is 30.6 Å². The molecular formula is C19H30O8S2. The maximum absolute atomic E-state index is 11.3. The molecule has 3 fully saturated rings. The van der Waals surface area contributed by atoms with Crippen molar-refractivity contribution >= 4 is 20.8 Å². The van der Waals surface area contributed by atoms with Gasteiger partial charge in [0.15, 0.2) is 0 Å². The van der Waals surface area contributed by atoms with Gasteiger partial charge in [0.1, 0.15) is 0 Å². The third kappa shape index (κ3) is 3.92. The lowest BCUT2D eigenvalue weighted by Gasteiger charge is -2.58. The van der Waals surface area contributed by atoms with Gasteiger partial charge >= 0.3 is 20.8 Å². The molecule has 3 saturated carbocycles. The summed E-state index contributed by atoms with van der Waals surface area (Å²) in [5.74, 6) is 1.24. The number of allylic oxidation sites excluding steroid dienone is 1. The van der Waals surface area contributed by atoms with Gasteiger partial charge in [-0.25, -0.2) is 8.37 Å². The van der Waals surface area contributed by atoms with Crippen LogP contribution in [0.3, 0.4) is 0 Å². The van der Waals surface area contributed by atoms with Crippen LogP contribution in [0.1, 0.15) is 65.2 Å². The summed E-state index contributed by atoms with van der Waals surface area (Å²) in [7, 11) is -8.94. The largest absolute Gasteiger partial charge is 0.397 e. The fourth-order valence-electron chi connectivity index (χ4n) is 7.19. The second-order valence-corrected chi connectivity index (χ2v) is 11.9. The summed E-state index contributed by atoms with van der Waals surface area (Å²) in [5, 5.41) is 0. The smallest absolute Gasteiger partial charge is 0.264 e. The lowest BCUT2D eigenvalue weighted by molar-refractivity contribution is -0.0701. The predicted octanol–water partition coefficient (Wildman–Crippen LogP) is 3.33. The molecule has 166 valence electrons. The Kier molecular flexibility index (Phi) is 5.24. The molecule has 0 aliphatic heterocycles. The first-order valence-corrected chi connectivity index (χ1v) is 13.1. The van der Waals surface area contributed by atoms with E-state index in [-0.39, 0.29) is 10.8 Å². The van der Waals surface area contributed by atoms with Crippen LogP contribution in [0.5, 0.6) is 0 Å². The second kappa shape index (κ2) is 7.00. The van der Waals surface area contributed by atoms with Crippen LogP contribution >= 0.6 is 0 Å². The van der Waals surface area contributed by atoms with Crippen molar-refractivity contribution in [2.45, 2.75) is 77.4 Å². The summed E-state index contributed by atoms with van der Waals surface area (Å²) in [6, 6.07) is 0. The van der Waals surface area contributed by atoms with Crippen LogP contribution in [0.15, 0.2) is 11.6 Å². The molecule has 2 N–H and O–H groups in total. The summed E-state index contributed by atoms with van der Waals surface area (Å²) in [4.78, 5) is 0. The molecule has 29 heavy (non-hydrogen) atoms. The molecule has 0 aromatic carbocycles. The molecule has 0 radical (unpaired) electrons. The first-order valence-electron chi connectivity index (χ1n) is 10.3. The monoisotopic (exact) mass is 450 g/mol. The molecule has 8 nitrogen and oxygen atoms in total. The molecule has 0 bridgehead atoms. The minimum absolute atomic E-state index is 0.0364. The van der Waals surface area contributed by atoms with Crippen molar-refractivity contribution in [3.05, 3.63) is 11.6 Å². The standard InChI is InChI=1S/C19H30O8S2/c1-18-9-7-13(26-28(20,21)22)11-12(18)3-4-14-15-5-6-17(27-29(23,24)25)19(15,2)10-8-16(14)18/h11,13-17H,3-10H2,1-2H3,(H,20,21,22)(H,23,24,25)/t13-,14-,15-,16-,17-,18-,19-/m0/s1. The highest BCUT2D eigenvalue weighted by Crippen LogP contribution is 2.65. The number of hydrogen-bond acceptors (Lipinski definition) is 6. The number of rotatable bonds is 4. The van der Waals surface area contributed by atoms with E-state index >= 15 is 0 Å². The zero-order chi connectivity index (χ0) is 21.2. The van der Waals surface area contributed by atoms with Gasteiger partial charge in [0.25, 0.3) is 0 Å². The molecular weight excluding hydrogens is 420 g/mol. The van der Waals surface area contributed by atoms with Crippen LogP contribution < -0.4 is 0 Å². The average molecular weight is 451 g/mol. The van der Waals surface area contributed by atoms with E-state index in [2.05, 4.69) is 13.8 Å². The molecule has 4 aliphatic rings. The Labute approximate surface area is 172 Å². The summed E-state index contributed by atoms with van der Waals surface area (Å²) in [5.41, 5.74) is 0.913. The van der Waals surface area contributed by atoms with Gasteiger partial charge in [0.05, 0.1) is 12.2 Å². The van der Waals surface area contributed by atoms with E-state index in [1.54, 1.807) is 0 Å². The van der Waals surface area contributed by atoms with Crippen LogP contribution in [0, 0.1) is 28.6 Å². The lowest BCUT2D eigenvalue weighted by atomic mass is 9.47. The normalized spacial score (nSPS) is 45.1. The topological polar surface area (TPSA) is 127 Å². The fourth-order valence-corrected chi connectivity index (χ4v) is 8.26. The quantitative estimate of drug-likeness (QED) is 0.493. The Hall–Kier alpha value is -0.520. The average Bonchev–Trinajstić information content (AvgIpc) is 2.89. The molecule has 0 aromatic heterocycles. The summed E-state index contributed by atoms with van der Waals surface area (Å²) in [6.07, 6.45) is 7.25. The van der Waals surface area contributed by atoms with E-state index in [0.717, 1.165) is 38.5 Å².